The number of carbonyl (C=O) groups is 1. The molecule has 0 spiro atoms. The van der Waals surface area contributed by atoms with E-state index in [-0.39, 0.29) is 29.9 Å². The van der Waals surface area contributed by atoms with Crippen LogP contribution in [0.25, 0.3) is 0 Å². The number of nitrogens with one attached hydrogen (secondary N) is 1. The van der Waals surface area contributed by atoms with Crippen molar-refractivity contribution >= 4 is 28.3 Å². The smallest absolute Gasteiger partial charge is 0.317 e. The molecule has 2 heterocycles. The molecule has 0 bridgehead atoms. The molecular weight excluding hydrogens is 326 g/mol. The SMILES string of the molecule is CC1(C)CCCN(CCNC(=O)N2CCS(=O)(=O)CC2)C1.Cl. The lowest BCUT2D eigenvalue weighted by Gasteiger charge is -2.38. The maximum absolute atomic E-state index is 12.0. The number of urea groups is 1. The van der Waals surface area contributed by atoms with Crippen LogP contribution in [0.1, 0.15) is 26.7 Å². The topological polar surface area (TPSA) is 69.7 Å². The van der Waals surface area contributed by atoms with Crippen molar-refractivity contribution in [3.8, 4) is 0 Å². The first-order valence-electron chi connectivity index (χ1n) is 7.73. The fraction of sp³-hybridized carbons (Fsp3) is 0.929. The highest BCUT2D eigenvalue weighted by molar-refractivity contribution is 7.91. The number of likely N-dealkylation sites (tertiary alicyclic amines) is 1. The van der Waals surface area contributed by atoms with Crippen LogP contribution in [-0.2, 0) is 9.84 Å². The maximum Gasteiger partial charge on any atom is 0.317 e. The second-order valence-electron chi connectivity index (χ2n) is 6.91. The predicted octanol–water partition coefficient (Wildman–Crippen LogP) is 0.970. The van der Waals surface area contributed by atoms with Crippen LogP contribution in [0.4, 0.5) is 4.79 Å². The third-order valence-electron chi connectivity index (χ3n) is 4.32. The van der Waals surface area contributed by atoms with E-state index >= 15 is 0 Å². The third kappa shape index (κ3) is 5.93. The average Bonchev–Trinajstić information content (AvgIpc) is 2.37. The molecule has 2 amide bonds. The fourth-order valence-corrected chi connectivity index (χ4v) is 4.29. The second kappa shape index (κ2) is 7.84. The summed E-state index contributed by atoms with van der Waals surface area (Å²) in [4.78, 5) is 16.0. The van der Waals surface area contributed by atoms with Crippen LogP contribution in [0.15, 0.2) is 0 Å². The third-order valence-corrected chi connectivity index (χ3v) is 5.92. The number of halogens is 1. The second-order valence-corrected chi connectivity index (χ2v) is 9.22. The maximum atomic E-state index is 12.0. The number of hydrogen-bond donors (Lipinski definition) is 1. The monoisotopic (exact) mass is 353 g/mol. The lowest BCUT2D eigenvalue weighted by Crippen LogP contribution is -2.50. The summed E-state index contributed by atoms with van der Waals surface area (Å²) >= 11 is 0. The first-order chi connectivity index (χ1) is 9.77. The Kier molecular flexibility index (Phi) is 6.95. The minimum atomic E-state index is -2.93. The van der Waals surface area contributed by atoms with Crippen molar-refractivity contribution in [1.29, 1.82) is 0 Å². The minimum Gasteiger partial charge on any atom is -0.337 e. The van der Waals surface area contributed by atoms with Crippen molar-refractivity contribution in [1.82, 2.24) is 15.1 Å². The average molecular weight is 354 g/mol. The molecule has 2 saturated heterocycles. The Morgan fingerprint density at radius 2 is 1.82 bits per heavy atom. The van der Waals surface area contributed by atoms with E-state index in [1.165, 1.54) is 12.8 Å². The van der Waals surface area contributed by atoms with Gasteiger partial charge in [-0.3, -0.25) is 0 Å². The number of carbonyl (C=O) groups excluding carboxylic acids is 1. The molecule has 2 aliphatic rings. The lowest BCUT2D eigenvalue weighted by molar-refractivity contribution is 0.118. The van der Waals surface area contributed by atoms with Crippen LogP contribution in [0.5, 0.6) is 0 Å². The highest BCUT2D eigenvalue weighted by atomic mass is 35.5. The molecule has 0 saturated carbocycles. The minimum absolute atomic E-state index is 0. The largest absolute Gasteiger partial charge is 0.337 e. The van der Waals surface area contributed by atoms with Gasteiger partial charge in [0.1, 0.15) is 0 Å². The summed E-state index contributed by atoms with van der Waals surface area (Å²) in [6.45, 7) is 8.85. The summed E-state index contributed by atoms with van der Waals surface area (Å²) in [5, 5.41) is 2.90. The van der Waals surface area contributed by atoms with Crippen molar-refractivity contribution in [3.63, 3.8) is 0 Å². The molecule has 0 aromatic rings. The van der Waals surface area contributed by atoms with Gasteiger partial charge in [-0.25, -0.2) is 13.2 Å². The summed E-state index contributed by atoms with van der Waals surface area (Å²) in [5.74, 6) is 0.168. The molecule has 2 aliphatic heterocycles. The fourth-order valence-electron chi connectivity index (χ4n) is 3.08. The molecule has 1 N–H and O–H groups in total. The van der Waals surface area contributed by atoms with Gasteiger partial charge in [-0.1, -0.05) is 13.8 Å². The Balaban J connectivity index is 0.00000242. The molecule has 0 unspecified atom stereocenters. The van der Waals surface area contributed by atoms with E-state index in [0.717, 1.165) is 19.6 Å². The van der Waals surface area contributed by atoms with Crippen LogP contribution in [0.3, 0.4) is 0 Å². The van der Waals surface area contributed by atoms with Gasteiger partial charge in [0.2, 0.25) is 0 Å². The molecule has 6 nitrogen and oxygen atoms in total. The number of hydrogen-bond acceptors (Lipinski definition) is 4. The number of rotatable bonds is 3. The molecule has 0 aliphatic carbocycles. The molecule has 8 heteroatoms. The standard InChI is InChI=1S/C14H27N3O3S.ClH/c1-14(2)4-3-6-16(12-14)7-5-15-13(18)17-8-10-21(19,20)11-9-17;/h3-12H2,1-2H3,(H,15,18);1H. The van der Waals surface area contributed by atoms with E-state index in [2.05, 4.69) is 24.1 Å². The van der Waals surface area contributed by atoms with Crippen LogP contribution >= 0.6 is 12.4 Å². The van der Waals surface area contributed by atoms with Gasteiger partial charge in [-0.2, -0.15) is 0 Å². The van der Waals surface area contributed by atoms with Gasteiger partial charge in [-0.15, -0.1) is 12.4 Å². The van der Waals surface area contributed by atoms with Gasteiger partial charge < -0.3 is 15.1 Å². The zero-order chi connectivity index (χ0) is 15.5. The molecule has 2 rings (SSSR count). The molecule has 0 aromatic carbocycles. The van der Waals surface area contributed by atoms with Crippen molar-refractivity contribution in [2.24, 2.45) is 5.41 Å². The molecule has 22 heavy (non-hydrogen) atoms. The lowest BCUT2D eigenvalue weighted by atomic mass is 9.84. The van der Waals surface area contributed by atoms with E-state index in [0.29, 0.717) is 25.0 Å². The first kappa shape index (κ1) is 19.5. The zero-order valence-electron chi connectivity index (χ0n) is 13.5. The van der Waals surface area contributed by atoms with Crippen molar-refractivity contribution in [3.05, 3.63) is 0 Å². The van der Waals surface area contributed by atoms with E-state index in [9.17, 15) is 13.2 Å². The number of sulfone groups is 1. The van der Waals surface area contributed by atoms with Crippen LogP contribution in [-0.4, -0.2) is 75.0 Å². The van der Waals surface area contributed by atoms with E-state index in [1.807, 2.05) is 0 Å². The zero-order valence-corrected chi connectivity index (χ0v) is 15.1. The van der Waals surface area contributed by atoms with Gasteiger partial charge in [-0.05, 0) is 24.8 Å². The molecule has 130 valence electrons. The summed E-state index contributed by atoms with van der Waals surface area (Å²) in [5.41, 5.74) is 0.365. The van der Waals surface area contributed by atoms with E-state index in [1.54, 1.807) is 4.90 Å². The van der Waals surface area contributed by atoms with Crippen molar-refractivity contribution in [2.75, 3.05) is 50.8 Å². The van der Waals surface area contributed by atoms with E-state index in [4.69, 9.17) is 0 Å². The molecule has 0 atom stereocenters. The van der Waals surface area contributed by atoms with Gasteiger partial charge >= 0.3 is 6.03 Å². The Morgan fingerprint density at radius 1 is 1.18 bits per heavy atom. The Labute approximate surface area is 139 Å². The van der Waals surface area contributed by atoms with Gasteiger partial charge in [0.05, 0.1) is 11.5 Å². The van der Waals surface area contributed by atoms with Gasteiger partial charge in [0.15, 0.2) is 9.84 Å². The summed E-state index contributed by atoms with van der Waals surface area (Å²) < 4.78 is 22.7. The van der Waals surface area contributed by atoms with E-state index < -0.39 is 9.84 Å². The number of amides is 2. The highest BCUT2D eigenvalue weighted by Crippen LogP contribution is 2.27. The van der Waals surface area contributed by atoms with Crippen molar-refractivity contribution in [2.45, 2.75) is 26.7 Å². The Bertz CT molecular complexity index is 468. The van der Waals surface area contributed by atoms with Crippen LogP contribution in [0.2, 0.25) is 0 Å². The molecule has 0 aromatic heterocycles. The highest BCUT2D eigenvalue weighted by Gasteiger charge is 2.27. The Hall–Kier alpha value is -0.530. The molecule has 0 radical (unpaired) electrons. The summed E-state index contributed by atoms with van der Waals surface area (Å²) in [7, 11) is -2.93. The van der Waals surface area contributed by atoms with Gasteiger partial charge in [0.25, 0.3) is 0 Å². The van der Waals surface area contributed by atoms with Gasteiger partial charge in [0, 0.05) is 32.7 Å². The van der Waals surface area contributed by atoms with Crippen molar-refractivity contribution < 1.29 is 13.2 Å². The predicted molar refractivity (Wildman–Crippen MR) is 90.3 cm³/mol. The summed E-state index contributed by atoms with van der Waals surface area (Å²) in [6, 6.07) is -0.138. The first-order valence-corrected chi connectivity index (χ1v) is 9.55. The normalized spacial score (nSPS) is 24.4. The number of piperidine rings is 1. The Morgan fingerprint density at radius 3 is 2.41 bits per heavy atom. The van der Waals surface area contributed by atoms with Crippen LogP contribution < -0.4 is 5.32 Å². The quantitative estimate of drug-likeness (QED) is 0.820. The van der Waals surface area contributed by atoms with Crippen LogP contribution in [0, 0.1) is 5.41 Å². The summed E-state index contributed by atoms with van der Waals surface area (Å²) in [6.07, 6.45) is 2.48. The number of nitrogens with zero attached hydrogens (tertiary/aromatic N) is 2. The molecular formula is C14H28ClN3O3S. The molecule has 2 fully saturated rings.